The van der Waals surface area contributed by atoms with Gasteiger partial charge in [0, 0.05) is 17.7 Å². The topological polar surface area (TPSA) is 66.4 Å². The predicted octanol–water partition coefficient (Wildman–Crippen LogP) is 3.08. The highest BCUT2D eigenvalue weighted by Gasteiger charge is 2.47. The van der Waals surface area contributed by atoms with Crippen molar-refractivity contribution in [2.24, 2.45) is 17.8 Å². The zero-order chi connectivity index (χ0) is 15.0. The van der Waals surface area contributed by atoms with Crippen molar-refractivity contribution in [3.8, 4) is 0 Å². The number of rotatable bonds is 4. The normalized spacial score (nSPS) is 26.6. The molecule has 3 rings (SSSR count). The van der Waals surface area contributed by atoms with Crippen molar-refractivity contribution in [2.75, 3.05) is 5.32 Å². The monoisotopic (exact) mass is 285 g/mol. The molecule has 0 bridgehead atoms. The highest BCUT2D eigenvalue weighted by atomic mass is 16.4. The van der Waals surface area contributed by atoms with E-state index in [0.29, 0.717) is 0 Å². The third-order valence-electron chi connectivity index (χ3n) is 4.40. The van der Waals surface area contributed by atoms with E-state index in [2.05, 4.69) is 5.32 Å². The maximum atomic E-state index is 12.2. The van der Waals surface area contributed by atoms with Gasteiger partial charge in [0.1, 0.15) is 0 Å². The van der Waals surface area contributed by atoms with Crippen LogP contribution in [0.1, 0.15) is 30.4 Å². The Kier molecular flexibility index (Phi) is 3.53. The molecule has 0 saturated heterocycles. The van der Waals surface area contributed by atoms with E-state index in [1.165, 1.54) is 12.5 Å². The zero-order valence-electron chi connectivity index (χ0n) is 12.0. The fraction of sp³-hybridized carbons (Fsp3) is 0.412. The lowest BCUT2D eigenvalue weighted by Crippen LogP contribution is -2.21. The molecule has 110 valence electrons. The van der Waals surface area contributed by atoms with E-state index in [0.717, 1.165) is 47.6 Å². The van der Waals surface area contributed by atoms with Crippen LogP contribution in [0.15, 0.2) is 24.3 Å². The number of carbonyl (C=O) groups excluding carboxylic acids is 1. The molecule has 2 unspecified atom stereocenters. The SMILES string of the molecule is Cc1cc(/C=C/C(=O)O)cc(NC(=O)C2CC3CC3C2)c1. The molecule has 4 nitrogen and oxygen atoms in total. The number of hydrogen-bond donors (Lipinski definition) is 2. The number of anilines is 1. The molecule has 1 amide bonds. The average Bonchev–Trinajstić information content (AvgIpc) is 3.02. The summed E-state index contributed by atoms with van der Waals surface area (Å²) < 4.78 is 0. The average molecular weight is 285 g/mol. The van der Waals surface area contributed by atoms with Gasteiger partial charge in [-0.2, -0.15) is 0 Å². The summed E-state index contributed by atoms with van der Waals surface area (Å²) in [5.74, 6) is 0.833. The Morgan fingerprint density at radius 3 is 2.57 bits per heavy atom. The van der Waals surface area contributed by atoms with Gasteiger partial charge in [0.2, 0.25) is 5.91 Å². The lowest BCUT2D eigenvalue weighted by atomic mass is 10.0. The van der Waals surface area contributed by atoms with Gasteiger partial charge in [-0.15, -0.1) is 0 Å². The fourth-order valence-electron chi connectivity index (χ4n) is 3.32. The van der Waals surface area contributed by atoms with Crippen LogP contribution < -0.4 is 5.32 Å². The van der Waals surface area contributed by atoms with E-state index < -0.39 is 5.97 Å². The van der Waals surface area contributed by atoms with Gasteiger partial charge in [-0.3, -0.25) is 4.79 Å². The van der Waals surface area contributed by atoms with Crippen molar-refractivity contribution in [3.05, 3.63) is 35.4 Å². The Morgan fingerprint density at radius 1 is 1.19 bits per heavy atom. The standard InChI is InChI=1S/C17H19NO3/c1-10-4-11(2-3-16(19)20)6-15(5-10)18-17(21)14-8-12-7-13(12)9-14/h2-6,12-14H,7-9H2,1H3,(H,18,21)(H,19,20)/b3-2+. The Hall–Kier alpha value is -2.10. The lowest BCUT2D eigenvalue weighted by Gasteiger charge is -2.13. The first-order chi connectivity index (χ1) is 10.0. The van der Waals surface area contributed by atoms with E-state index in [9.17, 15) is 9.59 Å². The third-order valence-corrected chi connectivity index (χ3v) is 4.40. The van der Waals surface area contributed by atoms with E-state index in [-0.39, 0.29) is 11.8 Å². The molecule has 21 heavy (non-hydrogen) atoms. The lowest BCUT2D eigenvalue weighted by molar-refractivity contribution is -0.131. The third kappa shape index (κ3) is 3.32. The van der Waals surface area contributed by atoms with E-state index in [4.69, 9.17) is 5.11 Å². The Bertz CT molecular complexity index is 610. The molecule has 2 aliphatic rings. The number of aliphatic carboxylic acids is 1. The maximum absolute atomic E-state index is 12.2. The number of benzene rings is 1. The molecule has 1 aromatic carbocycles. The molecule has 1 aromatic rings. The van der Waals surface area contributed by atoms with Gasteiger partial charge in [0.25, 0.3) is 0 Å². The highest BCUT2D eigenvalue weighted by molar-refractivity contribution is 5.93. The molecule has 0 heterocycles. The number of aryl methyl sites for hydroxylation is 1. The molecule has 0 radical (unpaired) electrons. The first-order valence-electron chi connectivity index (χ1n) is 7.35. The van der Waals surface area contributed by atoms with Gasteiger partial charge in [0.15, 0.2) is 0 Å². The fourth-order valence-corrected chi connectivity index (χ4v) is 3.32. The van der Waals surface area contributed by atoms with Crippen LogP contribution in [0.4, 0.5) is 5.69 Å². The van der Waals surface area contributed by atoms with Crippen molar-refractivity contribution in [1.82, 2.24) is 0 Å². The largest absolute Gasteiger partial charge is 0.478 e. The van der Waals surface area contributed by atoms with E-state index in [1.54, 1.807) is 6.07 Å². The van der Waals surface area contributed by atoms with Gasteiger partial charge < -0.3 is 10.4 Å². The second-order valence-electron chi connectivity index (χ2n) is 6.22. The number of hydrogen-bond acceptors (Lipinski definition) is 2. The summed E-state index contributed by atoms with van der Waals surface area (Å²) in [6.45, 7) is 1.93. The number of fused-ring (bicyclic) bond motifs is 1. The zero-order valence-corrected chi connectivity index (χ0v) is 12.0. The van der Waals surface area contributed by atoms with E-state index in [1.807, 2.05) is 19.1 Å². The summed E-state index contributed by atoms with van der Waals surface area (Å²) in [6, 6.07) is 5.60. The summed E-state index contributed by atoms with van der Waals surface area (Å²) in [5, 5.41) is 11.6. The summed E-state index contributed by atoms with van der Waals surface area (Å²) in [7, 11) is 0. The van der Waals surface area contributed by atoms with Crippen LogP contribution in [0.5, 0.6) is 0 Å². The number of amides is 1. The Balaban J connectivity index is 1.69. The molecule has 2 saturated carbocycles. The summed E-state index contributed by atoms with van der Waals surface area (Å²) in [5.41, 5.74) is 2.51. The maximum Gasteiger partial charge on any atom is 0.328 e. The van der Waals surface area contributed by atoms with Crippen LogP contribution in [-0.2, 0) is 9.59 Å². The number of nitrogens with one attached hydrogen (secondary N) is 1. The molecule has 0 aliphatic heterocycles. The first-order valence-corrected chi connectivity index (χ1v) is 7.35. The minimum absolute atomic E-state index is 0.0981. The molecule has 0 aromatic heterocycles. The molecule has 2 atom stereocenters. The van der Waals surface area contributed by atoms with Gasteiger partial charge in [0.05, 0.1) is 0 Å². The summed E-state index contributed by atoms with van der Waals surface area (Å²) in [4.78, 5) is 22.8. The first kappa shape index (κ1) is 13.9. The molecule has 4 heteroatoms. The minimum atomic E-state index is -0.979. The van der Waals surface area contributed by atoms with Crippen LogP contribution in [0, 0.1) is 24.7 Å². The Morgan fingerprint density at radius 2 is 1.90 bits per heavy atom. The van der Waals surface area contributed by atoms with Crippen LogP contribution in [-0.4, -0.2) is 17.0 Å². The van der Waals surface area contributed by atoms with Crippen LogP contribution in [0.2, 0.25) is 0 Å². The molecular formula is C17H19NO3. The molecular weight excluding hydrogens is 266 g/mol. The van der Waals surface area contributed by atoms with Gasteiger partial charge in [-0.1, -0.05) is 6.07 Å². The quantitative estimate of drug-likeness (QED) is 0.835. The second-order valence-corrected chi connectivity index (χ2v) is 6.22. The Labute approximate surface area is 123 Å². The highest BCUT2D eigenvalue weighted by Crippen LogP contribution is 2.54. The molecule has 2 N–H and O–H groups in total. The van der Waals surface area contributed by atoms with Crippen LogP contribution in [0.3, 0.4) is 0 Å². The van der Waals surface area contributed by atoms with Crippen molar-refractivity contribution in [2.45, 2.75) is 26.2 Å². The van der Waals surface area contributed by atoms with Crippen molar-refractivity contribution in [3.63, 3.8) is 0 Å². The summed E-state index contributed by atoms with van der Waals surface area (Å²) >= 11 is 0. The number of carboxylic acid groups (broad SMARTS) is 1. The smallest absolute Gasteiger partial charge is 0.328 e. The second kappa shape index (κ2) is 5.35. The van der Waals surface area contributed by atoms with Crippen molar-refractivity contribution in [1.29, 1.82) is 0 Å². The summed E-state index contributed by atoms with van der Waals surface area (Å²) in [6.07, 6.45) is 5.99. The number of carbonyl (C=O) groups is 2. The van der Waals surface area contributed by atoms with Gasteiger partial charge >= 0.3 is 5.97 Å². The number of carboxylic acids is 1. The molecule has 2 fully saturated rings. The van der Waals surface area contributed by atoms with Crippen molar-refractivity contribution >= 4 is 23.6 Å². The van der Waals surface area contributed by atoms with Gasteiger partial charge in [-0.05, 0) is 67.4 Å². The molecule has 0 spiro atoms. The van der Waals surface area contributed by atoms with Crippen LogP contribution in [0.25, 0.3) is 6.08 Å². The van der Waals surface area contributed by atoms with Crippen molar-refractivity contribution < 1.29 is 14.7 Å². The van der Waals surface area contributed by atoms with Crippen LogP contribution >= 0.6 is 0 Å². The van der Waals surface area contributed by atoms with Gasteiger partial charge in [-0.25, -0.2) is 4.79 Å². The van der Waals surface area contributed by atoms with E-state index >= 15 is 0 Å². The minimum Gasteiger partial charge on any atom is -0.478 e. The molecule has 2 aliphatic carbocycles. The predicted molar refractivity (Wildman–Crippen MR) is 80.8 cm³/mol.